The lowest BCUT2D eigenvalue weighted by Gasteiger charge is -2.24. The van der Waals surface area contributed by atoms with Gasteiger partial charge in [0.25, 0.3) is 0 Å². The Labute approximate surface area is 175 Å². The van der Waals surface area contributed by atoms with Crippen molar-refractivity contribution in [3.8, 4) is 11.6 Å². The number of nitrogens with zero attached hydrogens (tertiary/aromatic N) is 3. The highest BCUT2D eigenvalue weighted by Crippen LogP contribution is 2.38. The van der Waals surface area contributed by atoms with E-state index in [1.165, 1.54) is 23.4 Å². The lowest BCUT2D eigenvalue weighted by molar-refractivity contribution is -0.137. The van der Waals surface area contributed by atoms with Crippen LogP contribution in [0.25, 0.3) is 0 Å². The SMILES string of the molecule is O=C1CCC(c2cccc(C(F)(F)F)c2)N1c1cnc(Oc2ccc(Cl)cc2)cn1. The van der Waals surface area contributed by atoms with E-state index >= 15 is 0 Å². The van der Waals surface area contributed by atoms with Gasteiger partial charge in [-0.05, 0) is 48.4 Å². The molecule has 3 aromatic rings. The number of hydrogen-bond donors (Lipinski definition) is 0. The van der Waals surface area contributed by atoms with E-state index in [0.717, 1.165) is 12.1 Å². The van der Waals surface area contributed by atoms with Crippen LogP contribution in [0.1, 0.15) is 30.0 Å². The zero-order valence-electron chi connectivity index (χ0n) is 15.4. The van der Waals surface area contributed by atoms with Crippen LogP contribution in [0.4, 0.5) is 19.0 Å². The van der Waals surface area contributed by atoms with Crippen molar-refractivity contribution >= 4 is 23.3 Å². The lowest BCUT2D eigenvalue weighted by Crippen LogP contribution is -2.28. The number of carbonyl (C=O) groups is 1. The Kier molecular flexibility index (Phi) is 5.34. The molecule has 154 valence electrons. The molecule has 5 nitrogen and oxygen atoms in total. The van der Waals surface area contributed by atoms with Crippen LogP contribution in [-0.4, -0.2) is 15.9 Å². The quantitative estimate of drug-likeness (QED) is 0.521. The fourth-order valence-corrected chi connectivity index (χ4v) is 3.44. The second-order valence-electron chi connectivity index (χ2n) is 6.71. The van der Waals surface area contributed by atoms with Gasteiger partial charge < -0.3 is 4.74 Å². The minimum absolute atomic E-state index is 0.211. The first-order valence-electron chi connectivity index (χ1n) is 9.06. The molecule has 1 aromatic heterocycles. The Bertz CT molecular complexity index is 1060. The van der Waals surface area contributed by atoms with Gasteiger partial charge in [0.1, 0.15) is 5.75 Å². The fraction of sp³-hybridized carbons (Fsp3) is 0.190. The first kappa shape index (κ1) is 20.2. The first-order chi connectivity index (χ1) is 14.3. The number of aromatic nitrogens is 2. The molecule has 0 saturated carbocycles. The van der Waals surface area contributed by atoms with Crippen LogP contribution >= 0.6 is 11.6 Å². The van der Waals surface area contributed by atoms with E-state index in [1.54, 1.807) is 30.3 Å². The summed E-state index contributed by atoms with van der Waals surface area (Å²) in [5.41, 5.74) is -0.351. The molecule has 4 rings (SSSR count). The third kappa shape index (κ3) is 4.23. The van der Waals surface area contributed by atoms with Crippen LogP contribution in [0.5, 0.6) is 11.6 Å². The van der Waals surface area contributed by atoms with E-state index in [4.69, 9.17) is 16.3 Å². The zero-order chi connectivity index (χ0) is 21.3. The summed E-state index contributed by atoms with van der Waals surface area (Å²) in [6.45, 7) is 0. The number of anilines is 1. The minimum atomic E-state index is -4.45. The molecule has 0 N–H and O–H groups in total. The zero-order valence-corrected chi connectivity index (χ0v) is 16.2. The van der Waals surface area contributed by atoms with Crippen LogP contribution < -0.4 is 9.64 Å². The van der Waals surface area contributed by atoms with E-state index in [1.807, 2.05) is 0 Å². The van der Waals surface area contributed by atoms with Gasteiger partial charge in [-0.1, -0.05) is 23.7 Å². The molecule has 1 aliphatic heterocycles. The summed E-state index contributed by atoms with van der Waals surface area (Å²) in [6, 6.07) is 11.1. The Morgan fingerprint density at radius 1 is 1.07 bits per heavy atom. The molecule has 1 atom stereocenters. The monoisotopic (exact) mass is 433 g/mol. The van der Waals surface area contributed by atoms with Crippen LogP contribution in [0.15, 0.2) is 60.9 Å². The van der Waals surface area contributed by atoms with Crippen molar-refractivity contribution in [2.75, 3.05) is 4.90 Å². The van der Waals surface area contributed by atoms with Crippen LogP contribution in [0, 0.1) is 0 Å². The molecule has 1 amide bonds. The third-order valence-electron chi connectivity index (χ3n) is 4.71. The smallest absolute Gasteiger partial charge is 0.416 e. The van der Waals surface area contributed by atoms with Gasteiger partial charge in [0.15, 0.2) is 5.82 Å². The third-order valence-corrected chi connectivity index (χ3v) is 4.96. The average Bonchev–Trinajstić information content (AvgIpc) is 3.11. The summed E-state index contributed by atoms with van der Waals surface area (Å²) in [5, 5.41) is 0.567. The number of amides is 1. The summed E-state index contributed by atoms with van der Waals surface area (Å²) in [7, 11) is 0. The van der Waals surface area contributed by atoms with Crippen LogP contribution in [0.3, 0.4) is 0 Å². The van der Waals surface area contributed by atoms with Gasteiger partial charge in [0.05, 0.1) is 24.0 Å². The maximum absolute atomic E-state index is 13.1. The molecule has 0 aliphatic carbocycles. The Hall–Kier alpha value is -3.13. The Morgan fingerprint density at radius 2 is 1.83 bits per heavy atom. The number of rotatable bonds is 4. The predicted molar refractivity (Wildman–Crippen MR) is 104 cm³/mol. The summed E-state index contributed by atoms with van der Waals surface area (Å²) in [4.78, 5) is 22.2. The number of alkyl halides is 3. The molecule has 1 fully saturated rings. The summed E-state index contributed by atoms with van der Waals surface area (Å²) in [5.74, 6) is 0.755. The number of halogens is 4. The highest BCUT2D eigenvalue weighted by atomic mass is 35.5. The minimum Gasteiger partial charge on any atom is -0.438 e. The molecule has 1 unspecified atom stereocenters. The Balaban J connectivity index is 1.57. The Morgan fingerprint density at radius 3 is 2.50 bits per heavy atom. The van der Waals surface area contributed by atoms with Crippen molar-refractivity contribution in [3.05, 3.63) is 77.1 Å². The molecule has 1 saturated heterocycles. The molecule has 0 spiro atoms. The lowest BCUT2D eigenvalue weighted by atomic mass is 10.0. The molecule has 0 radical (unpaired) electrons. The van der Waals surface area contributed by atoms with Crippen LogP contribution in [-0.2, 0) is 11.0 Å². The molecule has 2 aromatic carbocycles. The van der Waals surface area contributed by atoms with Gasteiger partial charge in [0, 0.05) is 11.4 Å². The average molecular weight is 434 g/mol. The predicted octanol–water partition coefficient (Wildman–Crippen LogP) is 5.81. The molecule has 1 aliphatic rings. The van der Waals surface area contributed by atoms with Crippen molar-refractivity contribution in [3.63, 3.8) is 0 Å². The normalized spacial score (nSPS) is 16.7. The largest absolute Gasteiger partial charge is 0.438 e. The first-order valence-corrected chi connectivity index (χ1v) is 9.44. The molecule has 2 heterocycles. The number of benzene rings is 2. The maximum atomic E-state index is 13.1. The van der Waals surface area contributed by atoms with Gasteiger partial charge in [-0.3, -0.25) is 9.69 Å². The van der Waals surface area contributed by atoms with E-state index in [0.29, 0.717) is 22.8 Å². The van der Waals surface area contributed by atoms with E-state index in [-0.39, 0.29) is 24.0 Å². The topological polar surface area (TPSA) is 55.3 Å². The summed E-state index contributed by atoms with van der Waals surface area (Å²) < 4.78 is 44.8. The van der Waals surface area contributed by atoms with Crippen molar-refractivity contribution < 1.29 is 22.7 Å². The van der Waals surface area contributed by atoms with E-state index < -0.39 is 17.8 Å². The molecule has 30 heavy (non-hydrogen) atoms. The number of ether oxygens (including phenoxy) is 1. The van der Waals surface area contributed by atoms with Gasteiger partial charge >= 0.3 is 6.18 Å². The number of carbonyl (C=O) groups excluding carboxylic acids is 1. The number of hydrogen-bond acceptors (Lipinski definition) is 4. The van der Waals surface area contributed by atoms with Crippen molar-refractivity contribution in [2.24, 2.45) is 0 Å². The second-order valence-corrected chi connectivity index (χ2v) is 7.15. The standard InChI is InChI=1S/C21H15ClF3N3O2/c22-15-4-6-16(7-5-15)30-19-12-26-18(11-27-19)28-17(8-9-20(28)29)13-2-1-3-14(10-13)21(23,24)25/h1-7,10-12,17H,8-9H2. The summed E-state index contributed by atoms with van der Waals surface area (Å²) in [6.07, 6.45) is -1.12. The van der Waals surface area contributed by atoms with Gasteiger partial charge in [-0.15, -0.1) is 0 Å². The molecular formula is C21H15ClF3N3O2. The van der Waals surface area contributed by atoms with Crippen molar-refractivity contribution in [1.82, 2.24) is 9.97 Å². The molecular weight excluding hydrogens is 419 g/mol. The van der Waals surface area contributed by atoms with Gasteiger partial charge in [-0.2, -0.15) is 13.2 Å². The maximum Gasteiger partial charge on any atom is 0.416 e. The fourth-order valence-electron chi connectivity index (χ4n) is 3.32. The van der Waals surface area contributed by atoms with Crippen molar-refractivity contribution in [1.29, 1.82) is 0 Å². The van der Waals surface area contributed by atoms with Gasteiger partial charge in [0.2, 0.25) is 11.8 Å². The molecule has 9 heteroatoms. The highest BCUT2D eigenvalue weighted by molar-refractivity contribution is 6.30. The molecule has 0 bridgehead atoms. The van der Waals surface area contributed by atoms with Gasteiger partial charge in [-0.25, -0.2) is 9.97 Å². The van der Waals surface area contributed by atoms with E-state index in [9.17, 15) is 18.0 Å². The van der Waals surface area contributed by atoms with Crippen LogP contribution in [0.2, 0.25) is 5.02 Å². The van der Waals surface area contributed by atoms with Crippen molar-refractivity contribution in [2.45, 2.75) is 25.1 Å². The summed E-state index contributed by atoms with van der Waals surface area (Å²) >= 11 is 5.84. The second kappa shape index (κ2) is 7.95. The van der Waals surface area contributed by atoms with E-state index in [2.05, 4.69) is 9.97 Å². The highest BCUT2D eigenvalue weighted by Gasteiger charge is 2.36.